The summed E-state index contributed by atoms with van der Waals surface area (Å²) in [6, 6.07) is 7.73. The van der Waals surface area contributed by atoms with Crippen LogP contribution in [0.25, 0.3) is 12.2 Å². The zero-order chi connectivity index (χ0) is 41.8. The molecule has 4 rings (SSSR count). The zero-order valence-electron chi connectivity index (χ0n) is 33.5. The highest BCUT2D eigenvalue weighted by molar-refractivity contribution is 8.00. The third-order valence-electron chi connectivity index (χ3n) is 9.00. The second-order valence-corrected chi connectivity index (χ2v) is 14.4. The zero-order valence-corrected chi connectivity index (χ0v) is 35.3. The van der Waals surface area contributed by atoms with Crippen molar-refractivity contribution in [3.05, 3.63) is 82.0 Å². The van der Waals surface area contributed by atoms with Crippen LogP contribution in [0, 0.1) is 27.7 Å². The topological polar surface area (TPSA) is 146 Å². The van der Waals surface area contributed by atoms with Gasteiger partial charge in [-0.15, -0.1) is 11.8 Å². The first kappa shape index (κ1) is 47.3. The molecule has 0 N–H and O–H groups in total. The average Bonchev–Trinajstić information content (AvgIpc) is 3.53. The molecule has 1 atom stereocenters. The lowest BCUT2D eigenvalue weighted by Gasteiger charge is -2.17. The fourth-order valence-corrected chi connectivity index (χ4v) is 6.72. The molecule has 304 valence electrons. The van der Waals surface area contributed by atoms with E-state index in [0.717, 1.165) is 70.6 Å². The summed E-state index contributed by atoms with van der Waals surface area (Å²) in [5.41, 5.74) is 6.04. The number of rotatable bonds is 10. The van der Waals surface area contributed by atoms with Crippen LogP contribution in [-0.4, -0.2) is 104 Å². The van der Waals surface area contributed by atoms with E-state index < -0.39 is 0 Å². The van der Waals surface area contributed by atoms with Crippen LogP contribution in [0.15, 0.2) is 48.6 Å². The molecule has 4 amide bonds. The molecule has 2 heterocycles. The van der Waals surface area contributed by atoms with Crippen molar-refractivity contribution in [2.75, 3.05) is 53.0 Å². The second kappa shape index (κ2) is 24.6. The van der Waals surface area contributed by atoms with Crippen LogP contribution in [0.3, 0.4) is 0 Å². The largest absolute Gasteiger partial charge is 0.496 e. The minimum absolute atomic E-state index is 0.0254. The van der Waals surface area contributed by atoms with Crippen LogP contribution < -0.4 is 9.47 Å². The molecule has 0 bridgehead atoms. The van der Waals surface area contributed by atoms with Crippen molar-refractivity contribution in [1.82, 2.24) is 9.80 Å². The maximum Gasteiger partial charge on any atom is 0.315 e. The number of hydrogen-bond acceptors (Lipinski definition) is 12. The van der Waals surface area contributed by atoms with Gasteiger partial charge in [-0.3, -0.25) is 38.6 Å². The van der Waals surface area contributed by atoms with E-state index in [1.165, 1.54) is 54.0 Å². The van der Waals surface area contributed by atoms with E-state index in [9.17, 15) is 28.8 Å². The number of carbonyl (C=O) groups is 6. The number of ether oxygens (including phenoxy) is 4. The number of thioether (sulfide) groups is 1. The molecule has 0 spiro atoms. The number of likely N-dealkylation sites (tertiary alicyclic amines) is 1. The second-order valence-electron chi connectivity index (χ2n) is 12.8. The molecule has 14 heteroatoms. The van der Waals surface area contributed by atoms with Crippen LogP contribution in [0.5, 0.6) is 11.5 Å². The average molecular weight is 811 g/mol. The molecule has 1 unspecified atom stereocenters. The predicted molar refractivity (Wildman–Crippen MR) is 223 cm³/mol. The Bertz CT molecular complexity index is 1800. The van der Waals surface area contributed by atoms with Crippen LogP contribution >= 0.6 is 24.4 Å². The van der Waals surface area contributed by atoms with Gasteiger partial charge in [-0.1, -0.05) is 18.2 Å². The highest BCUT2D eigenvalue weighted by Crippen LogP contribution is 2.27. The molecule has 1 saturated heterocycles. The number of esters is 2. The summed E-state index contributed by atoms with van der Waals surface area (Å²) >= 11 is 5.03. The van der Waals surface area contributed by atoms with E-state index in [4.69, 9.17) is 9.47 Å². The molecule has 2 aliphatic rings. The summed E-state index contributed by atoms with van der Waals surface area (Å²) in [6.07, 6.45) is 13.0. The maximum atomic E-state index is 12.6. The number of amides is 4. The first-order valence-corrected chi connectivity index (χ1v) is 19.8. The van der Waals surface area contributed by atoms with Crippen molar-refractivity contribution < 1.29 is 47.7 Å². The quantitative estimate of drug-likeness (QED) is 0.165. The number of benzene rings is 2. The molecule has 0 radical (unpaired) electrons. The van der Waals surface area contributed by atoms with Gasteiger partial charge >= 0.3 is 11.9 Å². The van der Waals surface area contributed by atoms with Crippen molar-refractivity contribution in [1.29, 1.82) is 0 Å². The summed E-state index contributed by atoms with van der Waals surface area (Å²) in [7, 11) is 5.92. The van der Waals surface area contributed by atoms with E-state index >= 15 is 0 Å². The number of carbonyl (C=O) groups excluding carboxylic acids is 6. The Kier molecular flexibility index (Phi) is 20.8. The summed E-state index contributed by atoms with van der Waals surface area (Å²) in [4.78, 5) is 72.9. The minimum atomic E-state index is -0.319. The van der Waals surface area contributed by atoms with Crippen LogP contribution in [-0.2, 0) is 38.2 Å². The number of aryl methyl sites for hydroxylation is 2. The Hall–Kier alpha value is -4.82. The lowest BCUT2D eigenvalue weighted by molar-refractivity contribution is -0.142. The van der Waals surface area contributed by atoms with Gasteiger partial charge in [0.25, 0.3) is 17.7 Å². The number of thiol groups is 1. The van der Waals surface area contributed by atoms with E-state index in [2.05, 4.69) is 22.1 Å². The molecular formula is C42H54N2O10S2. The van der Waals surface area contributed by atoms with Gasteiger partial charge in [-0.05, 0) is 117 Å². The number of methoxy groups -OCH3 is 4. The molecular weight excluding hydrogens is 757 g/mol. The summed E-state index contributed by atoms with van der Waals surface area (Å²) < 4.78 is 19.5. The van der Waals surface area contributed by atoms with Gasteiger partial charge in [0.15, 0.2) is 0 Å². The van der Waals surface area contributed by atoms with E-state index in [1.807, 2.05) is 58.0 Å². The summed E-state index contributed by atoms with van der Waals surface area (Å²) in [5, 5.41) is 0.0254. The van der Waals surface area contributed by atoms with Crippen LogP contribution in [0.4, 0.5) is 0 Å². The first-order chi connectivity index (χ1) is 26.7. The Morgan fingerprint density at radius 1 is 0.768 bits per heavy atom. The Morgan fingerprint density at radius 3 is 1.77 bits per heavy atom. The fourth-order valence-electron chi connectivity index (χ4n) is 5.50. The molecule has 1 fully saturated rings. The minimum Gasteiger partial charge on any atom is -0.496 e. The highest BCUT2D eigenvalue weighted by atomic mass is 32.2. The van der Waals surface area contributed by atoms with Gasteiger partial charge in [0, 0.05) is 36.9 Å². The molecule has 2 aromatic carbocycles. The molecule has 2 aliphatic heterocycles. The number of hydrogen-bond donors (Lipinski definition) is 1. The van der Waals surface area contributed by atoms with Gasteiger partial charge < -0.3 is 18.9 Å². The van der Waals surface area contributed by atoms with Gasteiger partial charge in [-0.2, -0.15) is 12.6 Å². The highest BCUT2D eigenvalue weighted by Gasteiger charge is 2.27. The number of allylic oxidation sites excluding steroid dienone is 1. The van der Waals surface area contributed by atoms with E-state index in [1.54, 1.807) is 26.4 Å². The summed E-state index contributed by atoms with van der Waals surface area (Å²) in [5.74, 6) is 0.295. The predicted octanol–water partition coefficient (Wildman–Crippen LogP) is 6.26. The Labute approximate surface area is 340 Å². The standard InChI is InChI=1S/C21H27NO5S.C18H21NO3.C3H6O2S/c1-14-10-16(11-18(26-3)15(14)2)7-8-19(23)22-9-5-6-17(12-20(22)24)28-13-21(25)27-4;1-13-11-15(12-16(22-3)14(13)2)8-9-18(21)19-10-6-4-5-7-17(19)20;1-5-3(4)2-6/h7-8,10-11,17H,5-6,9,12-13H2,1-4H3;5,7-9,11-12H,4,6,10H2,1-3H3;6H,2H2,1H3/b8-7+;9-8+;. The van der Waals surface area contributed by atoms with Crippen molar-refractivity contribution in [2.24, 2.45) is 0 Å². The fraction of sp³-hybridized carbons (Fsp3) is 0.429. The molecule has 12 nitrogen and oxygen atoms in total. The third kappa shape index (κ3) is 15.4. The molecule has 0 saturated carbocycles. The normalized spacial score (nSPS) is 15.6. The van der Waals surface area contributed by atoms with Crippen LogP contribution in [0.2, 0.25) is 0 Å². The Balaban J connectivity index is 0.000000344. The van der Waals surface area contributed by atoms with E-state index in [0.29, 0.717) is 13.1 Å². The Morgan fingerprint density at radius 2 is 1.29 bits per heavy atom. The lowest BCUT2D eigenvalue weighted by atomic mass is 10.0. The molecule has 56 heavy (non-hydrogen) atoms. The smallest absolute Gasteiger partial charge is 0.315 e. The van der Waals surface area contributed by atoms with Gasteiger partial charge in [0.05, 0.1) is 39.9 Å². The SMILES string of the molecule is COC(=O)CS.COC(=O)CSC1CCCN(C(=O)/C=C/c2cc(C)c(C)c(OC)c2)C(=O)C1.COc1cc(/C=C/C(=O)N2CCCC=CC2=O)cc(C)c1C. The van der Waals surface area contributed by atoms with Crippen molar-refractivity contribution >= 4 is 72.1 Å². The van der Waals surface area contributed by atoms with Gasteiger partial charge in [0.1, 0.15) is 11.5 Å². The number of imide groups is 2. The summed E-state index contributed by atoms with van der Waals surface area (Å²) in [6.45, 7) is 8.83. The van der Waals surface area contributed by atoms with Crippen molar-refractivity contribution in [3.8, 4) is 11.5 Å². The molecule has 2 aromatic rings. The molecule has 0 aromatic heterocycles. The van der Waals surface area contributed by atoms with Crippen molar-refractivity contribution in [3.63, 3.8) is 0 Å². The van der Waals surface area contributed by atoms with Crippen LogP contribution in [0.1, 0.15) is 65.5 Å². The molecule has 0 aliphatic carbocycles. The van der Waals surface area contributed by atoms with E-state index in [-0.39, 0.29) is 58.7 Å². The van der Waals surface area contributed by atoms with Gasteiger partial charge in [0.2, 0.25) is 5.91 Å². The monoisotopic (exact) mass is 810 g/mol. The van der Waals surface area contributed by atoms with Gasteiger partial charge in [-0.25, -0.2) is 0 Å². The number of nitrogens with zero attached hydrogens (tertiary/aromatic N) is 2. The first-order valence-electron chi connectivity index (χ1n) is 18.1. The maximum absolute atomic E-state index is 12.6. The third-order valence-corrected chi connectivity index (χ3v) is 10.5. The lowest BCUT2D eigenvalue weighted by Crippen LogP contribution is -2.35. The van der Waals surface area contributed by atoms with Crippen molar-refractivity contribution in [2.45, 2.75) is 65.0 Å².